The SMILES string of the molecule is CCCCCC(=O)c1ccc2c(c1)CCc1ccccc1-2. The molecule has 3 rings (SSSR count). The van der Waals surface area contributed by atoms with Crippen molar-refractivity contribution in [1.82, 2.24) is 0 Å². The van der Waals surface area contributed by atoms with Gasteiger partial charge in [0, 0.05) is 12.0 Å². The topological polar surface area (TPSA) is 17.1 Å². The van der Waals surface area contributed by atoms with E-state index in [0.29, 0.717) is 12.2 Å². The third-order valence-electron chi connectivity index (χ3n) is 4.41. The van der Waals surface area contributed by atoms with Crippen molar-refractivity contribution in [3.05, 3.63) is 59.2 Å². The molecule has 1 aliphatic carbocycles. The van der Waals surface area contributed by atoms with Gasteiger partial charge < -0.3 is 0 Å². The van der Waals surface area contributed by atoms with Gasteiger partial charge in [-0.15, -0.1) is 0 Å². The highest BCUT2D eigenvalue weighted by molar-refractivity contribution is 5.97. The van der Waals surface area contributed by atoms with Crippen LogP contribution in [0.2, 0.25) is 0 Å². The summed E-state index contributed by atoms with van der Waals surface area (Å²) in [4.78, 5) is 12.3. The number of fused-ring (bicyclic) bond motifs is 3. The zero-order chi connectivity index (χ0) is 14.7. The number of Topliss-reactive ketones (excluding diaryl/α,β-unsaturated/α-hetero) is 1. The highest BCUT2D eigenvalue weighted by Crippen LogP contribution is 2.33. The molecule has 1 nitrogen and oxygen atoms in total. The Balaban J connectivity index is 1.85. The second-order valence-corrected chi connectivity index (χ2v) is 5.91. The molecular formula is C20H22O. The first-order valence-corrected chi connectivity index (χ1v) is 8.04. The van der Waals surface area contributed by atoms with Crippen molar-refractivity contribution in [3.63, 3.8) is 0 Å². The number of unbranched alkanes of at least 4 members (excludes halogenated alkanes) is 2. The average molecular weight is 278 g/mol. The minimum absolute atomic E-state index is 0.296. The van der Waals surface area contributed by atoms with Gasteiger partial charge in [0.2, 0.25) is 0 Å². The number of ketones is 1. The third kappa shape index (κ3) is 2.92. The van der Waals surface area contributed by atoms with Crippen LogP contribution in [0.5, 0.6) is 0 Å². The molecule has 2 aromatic rings. The summed E-state index contributed by atoms with van der Waals surface area (Å²) in [5.74, 6) is 0.296. The maximum absolute atomic E-state index is 12.3. The van der Waals surface area contributed by atoms with Gasteiger partial charge in [0.15, 0.2) is 5.78 Å². The summed E-state index contributed by atoms with van der Waals surface area (Å²) in [6.07, 6.45) is 6.12. The van der Waals surface area contributed by atoms with E-state index in [0.717, 1.165) is 37.7 Å². The van der Waals surface area contributed by atoms with E-state index < -0.39 is 0 Å². The lowest BCUT2D eigenvalue weighted by Crippen LogP contribution is -2.06. The number of benzene rings is 2. The van der Waals surface area contributed by atoms with Gasteiger partial charge in [-0.05, 0) is 47.6 Å². The Kier molecular flexibility index (Phi) is 4.19. The van der Waals surface area contributed by atoms with Crippen LogP contribution < -0.4 is 0 Å². The monoisotopic (exact) mass is 278 g/mol. The number of hydrogen-bond acceptors (Lipinski definition) is 1. The van der Waals surface area contributed by atoms with Gasteiger partial charge >= 0.3 is 0 Å². The molecule has 0 atom stereocenters. The van der Waals surface area contributed by atoms with Crippen molar-refractivity contribution in [1.29, 1.82) is 0 Å². The predicted molar refractivity (Wildman–Crippen MR) is 87.8 cm³/mol. The zero-order valence-electron chi connectivity index (χ0n) is 12.7. The summed E-state index contributed by atoms with van der Waals surface area (Å²) in [6, 6.07) is 14.9. The van der Waals surface area contributed by atoms with Crippen LogP contribution in [0.15, 0.2) is 42.5 Å². The number of carbonyl (C=O) groups is 1. The van der Waals surface area contributed by atoms with Crippen LogP contribution in [0.25, 0.3) is 11.1 Å². The Morgan fingerprint density at radius 2 is 1.71 bits per heavy atom. The Bertz CT molecular complexity index is 655. The Morgan fingerprint density at radius 1 is 0.952 bits per heavy atom. The first-order valence-electron chi connectivity index (χ1n) is 8.04. The van der Waals surface area contributed by atoms with Crippen LogP contribution in [-0.2, 0) is 12.8 Å². The predicted octanol–water partition coefficient (Wildman–Crippen LogP) is 5.22. The molecule has 1 aliphatic rings. The van der Waals surface area contributed by atoms with Crippen molar-refractivity contribution < 1.29 is 4.79 Å². The van der Waals surface area contributed by atoms with Gasteiger partial charge in [0.1, 0.15) is 0 Å². The number of carbonyl (C=O) groups excluding carboxylic acids is 1. The van der Waals surface area contributed by atoms with Crippen molar-refractivity contribution in [2.24, 2.45) is 0 Å². The standard InChI is InChI=1S/C20H22O/c1-2-3-4-9-20(21)17-12-13-19-16(14-17)11-10-15-7-5-6-8-18(15)19/h5-8,12-14H,2-4,9-11H2,1H3. The summed E-state index contributed by atoms with van der Waals surface area (Å²) in [7, 11) is 0. The molecule has 21 heavy (non-hydrogen) atoms. The lowest BCUT2D eigenvalue weighted by atomic mass is 9.84. The van der Waals surface area contributed by atoms with E-state index in [1.807, 2.05) is 6.07 Å². The minimum Gasteiger partial charge on any atom is -0.294 e. The van der Waals surface area contributed by atoms with E-state index in [1.54, 1.807) is 0 Å². The van der Waals surface area contributed by atoms with Crippen LogP contribution in [0, 0.1) is 0 Å². The molecule has 0 radical (unpaired) electrons. The van der Waals surface area contributed by atoms with E-state index >= 15 is 0 Å². The molecule has 1 heteroatoms. The summed E-state index contributed by atoms with van der Waals surface area (Å²) in [5, 5.41) is 0. The second-order valence-electron chi connectivity index (χ2n) is 5.91. The average Bonchev–Trinajstić information content (AvgIpc) is 2.54. The molecule has 0 amide bonds. The molecule has 0 unspecified atom stereocenters. The molecule has 0 fully saturated rings. The third-order valence-corrected chi connectivity index (χ3v) is 4.41. The molecule has 0 bridgehead atoms. The summed E-state index contributed by atoms with van der Waals surface area (Å²) >= 11 is 0. The maximum atomic E-state index is 12.3. The molecular weight excluding hydrogens is 256 g/mol. The zero-order valence-corrected chi connectivity index (χ0v) is 12.7. The van der Waals surface area contributed by atoms with Gasteiger partial charge in [-0.2, -0.15) is 0 Å². The lowest BCUT2D eigenvalue weighted by molar-refractivity contribution is 0.0979. The van der Waals surface area contributed by atoms with Gasteiger partial charge in [0.05, 0.1) is 0 Å². The molecule has 2 aromatic carbocycles. The highest BCUT2D eigenvalue weighted by atomic mass is 16.1. The number of rotatable bonds is 5. The van der Waals surface area contributed by atoms with Gasteiger partial charge in [0.25, 0.3) is 0 Å². The molecule has 0 saturated carbocycles. The molecule has 108 valence electrons. The van der Waals surface area contributed by atoms with Crippen molar-refractivity contribution >= 4 is 5.78 Å². The Labute approximate surface area is 127 Å². The van der Waals surface area contributed by atoms with Gasteiger partial charge in [-0.25, -0.2) is 0 Å². The Hall–Kier alpha value is -1.89. The summed E-state index contributed by atoms with van der Waals surface area (Å²) < 4.78 is 0. The van der Waals surface area contributed by atoms with Crippen LogP contribution in [-0.4, -0.2) is 5.78 Å². The van der Waals surface area contributed by atoms with Crippen molar-refractivity contribution in [2.75, 3.05) is 0 Å². The summed E-state index contributed by atoms with van der Waals surface area (Å²) in [6.45, 7) is 2.17. The minimum atomic E-state index is 0.296. The number of hydrogen-bond donors (Lipinski definition) is 0. The second kappa shape index (κ2) is 6.26. The molecule has 0 aliphatic heterocycles. The van der Waals surface area contributed by atoms with E-state index in [9.17, 15) is 4.79 Å². The van der Waals surface area contributed by atoms with Crippen LogP contribution in [0.1, 0.15) is 54.1 Å². The first-order chi connectivity index (χ1) is 10.3. The van der Waals surface area contributed by atoms with Crippen molar-refractivity contribution in [3.8, 4) is 11.1 Å². The van der Waals surface area contributed by atoms with E-state index in [-0.39, 0.29) is 0 Å². The summed E-state index contributed by atoms with van der Waals surface area (Å²) in [5.41, 5.74) is 6.29. The molecule has 0 heterocycles. The largest absolute Gasteiger partial charge is 0.294 e. The molecule has 0 N–H and O–H groups in total. The lowest BCUT2D eigenvalue weighted by Gasteiger charge is -2.20. The van der Waals surface area contributed by atoms with E-state index in [1.165, 1.54) is 22.3 Å². The van der Waals surface area contributed by atoms with Crippen LogP contribution in [0.4, 0.5) is 0 Å². The van der Waals surface area contributed by atoms with Crippen LogP contribution in [0.3, 0.4) is 0 Å². The van der Waals surface area contributed by atoms with Gasteiger partial charge in [-0.1, -0.05) is 56.2 Å². The van der Waals surface area contributed by atoms with Gasteiger partial charge in [-0.3, -0.25) is 4.79 Å². The Morgan fingerprint density at radius 3 is 2.57 bits per heavy atom. The fourth-order valence-corrected chi connectivity index (χ4v) is 3.19. The number of aryl methyl sites for hydroxylation is 2. The van der Waals surface area contributed by atoms with Crippen molar-refractivity contribution in [2.45, 2.75) is 45.4 Å². The maximum Gasteiger partial charge on any atom is 0.162 e. The normalized spacial score (nSPS) is 12.6. The molecule has 0 spiro atoms. The molecule has 0 aromatic heterocycles. The van der Waals surface area contributed by atoms with E-state index in [4.69, 9.17) is 0 Å². The molecule has 0 saturated heterocycles. The first kappa shape index (κ1) is 14.1. The van der Waals surface area contributed by atoms with E-state index in [2.05, 4.69) is 43.3 Å². The quantitative estimate of drug-likeness (QED) is 0.541. The smallest absolute Gasteiger partial charge is 0.162 e. The van der Waals surface area contributed by atoms with Crippen LogP contribution >= 0.6 is 0 Å². The fourth-order valence-electron chi connectivity index (χ4n) is 3.19. The fraction of sp³-hybridized carbons (Fsp3) is 0.350. The highest BCUT2D eigenvalue weighted by Gasteiger charge is 2.17.